The van der Waals surface area contributed by atoms with E-state index in [1.54, 1.807) is 37.5 Å². The minimum absolute atomic E-state index is 0. The molecule has 1 fully saturated rings. The van der Waals surface area contributed by atoms with Crippen LogP contribution in [-0.2, 0) is 22.9 Å². The molecule has 1 saturated carbocycles. The Hall–Kier alpha value is -3.92. The fourth-order valence-corrected chi connectivity index (χ4v) is 4.12. The van der Waals surface area contributed by atoms with Crippen LogP contribution < -0.4 is 5.32 Å². The van der Waals surface area contributed by atoms with Crippen LogP contribution in [0.4, 0.5) is 20.4 Å². The molecule has 37 heavy (non-hydrogen) atoms. The molecule has 0 spiro atoms. The average molecular weight is 527 g/mol. The van der Waals surface area contributed by atoms with E-state index in [0.717, 1.165) is 11.1 Å². The Morgan fingerprint density at radius 3 is 2.41 bits per heavy atom. The van der Waals surface area contributed by atoms with Crippen LogP contribution in [0, 0.1) is 5.82 Å². The number of nitrogens with one attached hydrogen (secondary N) is 1. The predicted octanol–water partition coefficient (Wildman–Crippen LogP) is 5.56. The van der Waals surface area contributed by atoms with Crippen LogP contribution in [-0.4, -0.2) is 35.8 Å². The van der Waals surface area contributed by atoms with Gasteiger partial charge in [-0.3, -0.25) is 19.4 Å². The smallest absolute Gasteiger partial charge is 0.314 e. The topological polar surface area (TPSA) is 106 Å². The lowest BCUT2D eigenvalue weighted by Crippen LogP contribution is -2.19. The van der Waals surface area contributed by atoms with Gasteiger partial charge in [-0.1, -0.05) is 24.3 Å². The first-order valence-electron chi connectivity index (χ1n) is 11.4. The third kappa shape index (κ3) is 4.89. The summed E-state index contributed by atoms with van der Waals surface area (Å²) in [6.07, 6.45) is 7.08. The fraction of sp³-hybridized carbons (Fsp3) is 0.269. The number of carbonyl (C=O) groups is 1. The highest BCUT2D eigenvalue weighted by Gasteiger charge is 2.51. The van der Waals surface area contributed by atoms with Crippen LogP contribution in [0.1, 0.15) is 37.9 Å². The van der Waals surface area contributed by atoms with Gasteiger partial charge in [-0.25, -0.2) is 13.8 Å². The second-order valence-corrected chi connectivity index (χ2v) is 9.44. The number of halogens is 3. The van der Waals surface area contributed by atoms with Crippen molar-refractivity contribution in [2.75, 3.05) is 5.32 Å². The third-order valence-corrected chi connectivity index (χ3v) is 6.46. The van der Waals surface area contributed by atoms with Gasteiger partial charge in [0.15, 0.2) is 5.82 Å². The van der Waals surface area contributed by atoms with Crippen molar-refractivity contribution in [1.29, 1.82) is 0 Å². The first-order chi connectivity index (χ1) is 17.1. The second-order valence-electron chi connectivity index (χ2n) is 9.44. The molecule has 8 nitrogen and oxygen atoms in total. The minimum Gasteiger partial charge on any atom is -0.481 e. The SMILES string of the molecule is Cl.Cn1ncc(-c2ncc(-c3ccc(C4(C(=O)O)CC4)cc3)cc2F)c1Nc1cncc(C(C)(C)F)n1. The van der Waals surface area contributed by atoms with Gasteiger partial charge in [0.25, 0.3) is 0 Å². The highest BCUT2D eigenvalue weighted by molar-refractivity contribution is 5.86. The normalized spacial score (nSPS) is 14.1. The summed E-state index contributed by atoms with van der Waals surface area (Å²) in [6, 6.07) is 8.50. The lowest BCUT2D eigenvalue weighted by atomic mass is 9.94. The molecular weight excluding hydrogens is 502 g/mol. The molecule has 0 amide bonds. The molecular formula is C26H25ClF2N6O2. The average Bonchev–Trinajstić information content (AvgIpc) is 3.59. The summed E-state index contributed by atoms with van der Waals surface area (Å²) in [5, 5.41) is 16.7. The number of nitrogens with zero attached hydrogens (tertiary/aromatic N) is 5. The number of carboxylic acids is 1. The number of rotatable bonds is 7. The zero-order valence-electron chi connectivity index (χ0n) is 20.4. The van der Waals surface area contributed by atoms with Gasteiger partial charge in [0, 0.05) is 18.8 Å². The zero-order valence-corrected chi connectivity index (χ0v) is 21.2. The number of benzene rings is 1. The predicted molar refractivity (Wildman–Crippen MR) is 137 cm³/mol. The van der Waals surface area contributed by atoms with Crippen LogP contribution in [0.25, 0.3) is 22.4 Å². The number of hydrogen-bond donors (Lipinski definition) is 2. The quantitative estimate of drug-likeness (QED) is 0.324. The van der Waals surface area contributed by atoms with Gasteiger partial charge in [0.2, 0.25) is 0 Å². The number of aryl methyl sites for hydroxylation is 1. The van der Waals surface area contributed by atoms with Crippen LogP contribution in [0.5, 0.6) is 0 Å². The van der Waals surface area contributed by atoms with Crippen molar-refractivity contribution in [2.24, 2.45) is 7.05 Å². The van der Waals surface area contributed by atoms with Crippen LogP contribution in [0.2, 0.25) is 0 Å². The number of carboxylic acid groups (broad SMARTS) is 1. The Bertz CT molecular complexity index is 1460. The van der Waals surface area contributed by atoms with E-state index in [-0.39, 0.29) is 29.6 Å². The molecule has 2 N–H and O–H groups in total. The molecule has 0 bridgehead atoms. The molecule has 192 valence electrons. The number of anilines is 2. The highest BCUT2D eigenvalue weighted by atomic mass is 35.5. The Labute approximate surface area is 218 Å². The summed E-state index contributed by atoms with van der Waals surface area (Å²) >= 11 is 0. The zero-order chi connectivity index (χ0) is 25.7. The molecule has 5 rings (SSSR count). The molecule has 1 aromatic carbocycles. The lowest BCUT2D eigenvalue weighted by Gasteiger charge is -2.15. The number of aliphatic carboxylic acids is 1. The number of alkyl halides is 1. The van der Waals surface area contributed by atoms with E-state index in [2.05, 4.69) is 25.4 Å². The van der Waals surface area contributed by atoms with E-state index in [1.165, 1.54) is 43.2 Å². The number of hydrogen-bond acceptors (Lipinski definition) is 6. The molecule has 11 heteroatoms. The van der Waals surface area contributed by atoms with E-state index in [4.69, 9.17) is 0 Å². The number of pyridine rings is 1. The fourth-order valence-electron chi connectivity index (χ4n) is 4.12. The molecule has 1 aliphatic carbocycles. The standard InChI is InChI=1S/C26H24F2N6O2.ClH/c1-25(2,28)20-13-29-14-21(32-20)33-23-18(12-31-34(23)3)22-19(27)10-16(11-30-22)15-4-6-17(7-5-15)26(8-9-26)24(35)36;/h4-7,10-14H,8-9H2,1-3H3,(H,32,33)(H,35,36);1H. The van der Waals surface area contributed by atoms with Gasteiger partial charge in [0.05, 0.1) is 35.3 Å². The van der Waals surface area contributed by atoms with E-state index < -0.39 is 22.9 Å². The summed E-state index contributed by atoms with van der Waals surface area (Å²) in [5.41, 5.74) is 0.219. The largest absolute Gasteiger partial charge is 0.481 e. The maximum absolute atomic E-state index is 15.3. The highest BCUT2D eigenvalue weighted by Crippen LogP contribution is 2.48. The van der Waals surface area contributed by atoms with Crippen LogP contribution in [0.15, 0.2) is 55.1 Å². The van der Waals surface area contributed by atoms with Crippen molar-refractivity contribution in [3.63, 3.8) is 0 Å². The minimum atomic E-state index is -1.67. The Balaban J connectivity index is 0.00000320. The summed E-state index contributed by atoms with van der Waals surface area (Å²) in [5.74, 6) is -0.666. The van der Waals surface area contributed by atoms with Crippen molar-refractivity contribution < 1.29 is 18.7 Å². The number of aromatic nitrogens is 5. The first kappa shape index (κ1) is 26.2. The maximum Gasteiger partial charge on any atom is 0.314 e. The summed E-state index contributed by atoms with van der Waals surface area (Å²) in [7, 11) is 1.68. The summed E-state index contributed by atoms with van der Waals surface area (Å²) in [4.78, 5) is 24.2. The van der Waals surface area contributed by atoms with Gasteiger partial charge in [-0.15, -0.1) is 12.4 Å². The summed E-state index contributed by atoms with van der Waals surface area (Å²) in [6.45, 7) is 2.78. The molecule has 0 aliphatic heterocycles. The molecule has 0 radical (unpaired) electrons. The molecule has 0 saturated heterocycles. The molecule has 4 aromatic rings. The van der Waals surface area contributed by atoms with Crippen molar-refractivity contribution >= 4 is 30.0 Å². The van der Waals surface area contributed by atoms with Crippen molar-refractivity contribution in [1.82, 2.24) is 24.7 Å². The Morgan fingerprint density at radius 1 is 1.11 bits per heavy atom. The molecule has 3 heterocycles. The Morgan fingerprint density at radius 2 is 1.81 bits per heavy atom. The Kier molecular flexibility index (Phi) is 6.72. The van der Waals surface area contributed by atoms with Crippen LogP contribution in [0.3, 0.4) is 0 Å². The monoisotopic (exact) mass is 526 g/mol. The molecule has 1 aliphatic rings. The van der Waals surface area contributed by atoms with Gasteiger partial charge in [-0.05, 0) is 43.9 Å². The maximum atomic E-state index is 15.3. The first-order valence-corrected chi connectivity index (χ1v) is 11.4. The third-order valence-electron chi connectivity index (χ3n) is 6.46. The van der Waals surface area contributed by atoms with E-state index in [1.807, 2.05) is 0 Å². The van der Waals surface area contributed by atoms with Gasteiger partial charge in [0.1, 0.15) is 23.0 Å². The van der Waals surface area contributed by atoms with Crippen molar-refractivity contribution in [3.05, 3.63) is 72.2 Å². The molecule has 3 aromatic heterocycles. The second kappa shape index (κ2) is 9.51. The lowest BCUT2D eigenvalue weighted by molar-refractivity contribution is -0.140. The molecule has 0 unspecified atom stereocenters. The summed E-state index contributed by atoms with van der Waals surface area (Å²) < 4.78 is 31.1. The van der Waals surface area contributed by atoms with Gasteiger partial charge >= 0.3 is 5.97 Å². The molecule has 0 atom stereocenters. The van der Waals surface area contributed by atoms with E-state index in [0.29, 0.717) is 29.8 Å². The van der Waals surface area contributed by atoms with Crippen LogP contribution >= 0.6 is 12.4 Å². The van der Waals surface area contributed by atoms with E-state index in [9.17, 15) is 14.3 Å². The van der Waals surface area contributed by atoms with Crippen molar-refractivity contribution in [2.45, 2.75) is 37.8 Å². The van der Waals surface area contributed by atoms with Crippen molar-refractivity contribution in [3.8, 4) is 22.4 Å². The van der Waals surface area contributed by atoms with Gasteiger partial charge < -0.3 is 10.4 Å². The van der Waals surface area contributed by atoms with E-state index >= 15 is 4.39 Å². The van der Waals surface area contributed by atoms with Gasteiger partial charge in [-0.2, -0.15) is 5.10 Å².